The lowest BCUT2D eigenvalue weighted by atomic mass is 9.93. The number of halogens is 1. The second kappa shape index (κ2) is 5.26. The van der Waals surface area contributed by atoms with E-state index in [0.717, 1.165) is 18.5 Å². The summed E-state index contributed by atoms with van der Waals surface area (Å²) in [6.07, 6.45) is 3.56. The average Bonchev–Trinajstić information content (AvgIpc) is 2.87. The number of carbonyl (C=O) groups is 2. The summed E-state index contributed by atoms with van der Waals surface area (Å²) >= 11 is 5.74. The van der Waals surface area contributed by atoms with Gasteiger partial charge >= 0.3 is 0 Å². The van der Waals surface area contributed by atoms with Crippen LogP contribution in [0.15, 0.2) is 24.4 Å². The predicted molar refractivity (Wildman–Crippen MR) is 79.1 cm³/mol. The highest BCUT2D eigenvalue weighted by molar-refractivity contribution is 6.30. The molecule has 2 aromatic rings. The Labute approximate surface area is 125 Å². The molecule has 0 fully saturated rings. The number of aromatic amines is 1. The Hall–Kier alpha value is -2.27. The molecule has 1 aromatic carbocycles. The maximum atomic E-state index is 12.3. The van der Waals surface area contributed by atoms with E-state index in [1.54, 1.807) is 6.07 Å². The molecule has 1 amide bonds. The third kappa shape index (κ3) is 2.52. The Morgan fingerprint density at radius 1 is 1.33 bits per heavy atom. The topological polar surface area (TPSA) is 82.2 Å². The van der Waals surface area contributed by atoms with Gasteiger partial charge in [0.25, 0.3) is 5.91 Å². The average molecular weight is 305 g/mol. The summed E-state index contributed by atoms with van der Waals surface area (Å²) in [4.78, 5) is 27.3. The van der Waals surface area contributed by atoms with E-state index in [4.69, 9.17) is 11.6 Å². The molecule has 1 aromatic heterocycles. The summed E-state index contributed by atoms with van der Waals surface area (Å²) < 4.78 is 0. The Bertz CT molecular complexity index is 737. The number of phenols is 1. The number of hydrogen-bond acceptors (Lipinski definition) is 3. The van der Waals surface area contributed by atoms with Gasteiger partial charge in [-0.2, -0.15) is 0 Å². The van der Waals surface area contributed by atoms with Crippen molar-refractivity contribution in [1.29, 1.82) is 0 Å². The van der Waals surface area contributed by atoms with Crippen molar-refractivity contribution < 1.29 is 14.7 Å². The van der Waals surface area contributed by atoms with Crippen LogP contribution in [-0.2, 0) is 6.42 Å². The summed E-state index contributed by atoms with van der Waals surface area (Å²) in [5.74, 6) is -0.574. The molecule has 1 heterocycles. The molecule has 21 heavy (non-hydrogen) atoms. The predicted octanol–water partition coefficient (Wildman–Crippen LogP) is 3.15. The number of nitrogens with one attached hydrogen (secondary N) is 2. The van der Waals surface area contributed by atoms with Crippen molar-refractivity contribution in [3.63, 3.8) is 0 Å². The minimum absolute atomic E-state index is 0.0250. The molecule has 1 aliphatic rings. The first-order valence-corrected chi connectivity index (χ1v) is 6.97. The minimum atomic E-state index is -0.430. The van der Waals surface area contributed by atoms with Crippen LogP contribution in [0.1, 0.15) is 39.3 Å². The molecule has 0 saturated heterocycles. The number of aromatic nitrogens is 1. The summed E-state index contributed by atoms with van der Waals surface area (Å²) in [6, 6.07) is 4.42. The molecule has 1 aliphatic carbocycles. The Balaban J connectivity index is 1.90. The molecular weight excluding hydrogens is 292 g/mol. The molecule has 0 bridgehead atoms. The number of anilines is 1. The maximum absolute atomic E-state index is 12.3. The lowest BCUT2D eigenvalue weighted by Gasteiger charge is -2.12. The summed E-state index contributed by atoms with van der Waals surface area (Å²) in [7, 11) is 0. The molecule has 3 rings (SSSR count). The van der Waals surface area contributed by atoms with Crippen molar-refractivity contribution in [2.45, 2.75) is 19.3 Å². The standard InChI is InChI=1S/C15H13ClN2O3/c16-8-4-5-10(13(20)6-8)18-15(21)9-7-17-11-2-1-3-12(19)14(9)11/h4-7,17,20H,1-3H2,(H,18,21). The smallest absolute Gasteiger partial charge is 0.258 e. The van der Waals surface area contributed by atoms with Crippen molar-refractivity contribution in [2.75, 3.05) is 5.32 Å². The van der Waals surface area contributed by atoms with E-state index in [9.17, 15) is 14.7 Å². The van der Waals surface area contributed by atoms with E-state index < -0.39 is 5.91 Å². The molecule has 0 saturated carbocycles. The number of carbonyl (C=O) groups excluding carboxylic acids is 2. The van der Waals surface area contributed by atoms with Crippen LogP contribution in [0, 0.1) is 0 Å². The van der Waals surface area contributed by atoms with Crippen molar-refractivity contribution in [1.82, 2.24) is 4.98 Å². The number of amides is 1. The normalized spacial score (nSPS) is 13.9. The number of ketones is 1. The molecule has 0 unspecified atom stereocenters. The first-order valence-electron chi connectivity index (χ1n) is 6.59. The number of aryl methyl sites for hydroxylation is 1. The molecule has 108 valence electrons. The number of hydrogen-bond donors (Lipinski definition) is 3. The van der Waals surface area contributed by atoms with Gasteiger partial charge in [-0.05, 0) is 25.0 Å². The SMILES string of the molecule is O=C(Nc1ccc(Cl)cc1O)c1c[nH]c2c1C(=O)CCC2. The van der Waals surface area contributed by atoms with Crippen molar-refractivity contribution >= 4 is 29.0 Å². The van der Waals surface area contributed by atoms with Gasteiger partial charge in [0.05, 0.1) is 16.8 Å². The number of benzene rings is 1. The van der Waals surface area contributed by atoms with Gasteiger partial charge in [0, 0.05) is 29.4 Å². The monoisotopic (exact) mass is 304 g/mol. The fourth-order valence-electron chi connectivity index (χ4n) is 2.51. The second-order valence-corrected chi connectivity index (χ2v) is 5.38. The van der Waals surface area contributed by atoms with Crippen LogP contribution in [0.25, 0.3) is 0 Å². The van der Waals surface area contributed by atoms with Crippen LogP contribution >= 0.6 is 11.6 Å². The fourth-order valence-corrected chi connectivity index (χ4v) is 2.68. The zero-order valence-electron chi connectivity index (χ0n) is 11.1. The number of Topliss-reactive ketones (excluding diaryl/α,β-unsaturated/α-hetero) is 1. The Morgan fingerprint density at radius 3 is 2.90 bits per heavy atom. The van der Waals surface area contributed by atoms with Gasteiger partial charge < -0.3 is 15.4 Å². The van der Waals surface area contributed by atoms with Gasteiger partial charge in [-0.3, -0.25) is 9.59 Å². The van der Waals surface area contributed by atoms with Gasteiger partial charge in [-0.25, -0.2) is 0 Å². The number of H-pyrrole nitrogens is 1. The number of fused-ring (bicyclic) bond motifs is 1. The van der Waals surface area contributed by atoms with Gasteiger partial charge in [0.1, 0.15) is 5.75 Å². The zero-order valence-corrected chi connectivity index (χ0v) is 11.8. The van der Waals surface area contributed by atoms with Crippen LogP contribution in [0.4, 0.5) is 5.69 Å². The van der Waals surface area contributed by atoms with Crippen molar-refractivity contribution in [3.05, 3.63) is 46.2 Å². The number of aromatic hydroxyl groups is 1. The number of rotatable bonds is 2. The highest BCUT2D eigenvalue weighted by Gasteiger charge is 2.26. The van der Waals surface area contributed by atoms with Gasteiger partial charge in [-0.1, -0.05) is 11.6 Å². The quantitative estimate of drug-likeness (QED) is 0.745. The van der Waals surface area contributed by atoms with Crippen LogP contribution in [0.2, 0.25) is 5.02 Å². The molecule has 0 aliphatic heterocycles. The molecule has 6 heteroatoms. The first kappa shape index (κ1) is 13.7. The van der Waals surface area contributed by atoms with Crippen molar-refractivity contribution in [3.8, 4) is 5.75 Å². The van der Waals surface area contributed by atoms with Gasteiger partial charge in [-0.15, -0.1) is 0 Å². The Kier molecular flexibility index (Phi) is 3.43. The van der Waals surface area contributed by atoms with Crippen molar-refractivity contribution in [2.24, 2.45) is 0 Å². The first-order chi connectivity index (χ1) is 10.1. The molecule has 5 nitrogen and oxygen atoms in total. The van der Waals surface area contributed by atoms with Crippen LogP contribution < -0.4 is 5.32 Å². The second-order valence-electron chi connectivity index (χ2n) is 4.95. The third-order valence-corrected chi connectivity index (χ3v) is 3.76. The summed E-state index contributed by atoms with van der Waals surface area (Å²) in [5.41, 5.74) is 1.83. The van der Waals surface area contributed by atoms with E-state index >= 15 is 0 Å². The Morgan fingerprint density at radius 2 is 2.14 bits per heavy atom. The van der Waals surface area contributed by atoms with E-state index in [2.05, 4.69) is 10.3 Å². The van der Waals surface area contributed by atoms with Crippen LogP contribution in [-0.4, -0.2) is 21.8 Å². The highest BCUT2D eigenvalue weighted by Crippen LogP contribution is 2.29. The third-order valence-electron chi connectivity index (χ3n) is 3.52. The maximum Gasteiger partial charge on any atom is 0.258 e. The van der Waals surface area contributed by atoms with E-state index in [1.807, 2.05) is 0 Å². The van der Waals surface area contributed by atoms with Crippen LogP contribution in [0.5, 0.6) is 5.75 Å². The number of phenolic OH excluding ortho intramolecular Hbond substituents is 1. The van der Waals surface area contributed by atoms with E-state index in [0.29, 0.717) is 22.6 Å². The van der Waals surface area contributed by atoms with Crippen LogP contribution in [0.3, 0.4) is 0 Å². The molecule has 0 radical (unpaired) electrons. The summed E-state index contributed by atoms with van der Waals surface area (Å²) in [5, 5.41) is 12.7. The lowest BCUT2D eigenvalue weighted by Crippen LogP contribution is -2.17. The molecular formula is C15H13ClN2O3. The molecule has 3 N–H and O–H groups in total. The van der Waals surface area contributed by atoms with E-state index in [1.165, 1.54) is 18.3 Å². The molecule has 0 atom stereocenters. The van der Waals surface area contributed by atoms with Gasteiger partial charge in [0.15, 0.2) is 5.78 Å². The fraction of sp³-hybridized carbons (Fsp3) is 0.200. The lowest BCUT2D eigenvalue weighted by molar-refractivity contribution is 0.0956. The van der Waals surface area contributed by atoms with E-state index in [-0.39, 0.29) is 17.2 Å². The zero-order chi connectivity index (χ0) is 15.0. The summed E-state index contributed by atoms with van der Waals surface area (Å²) in [6.45, 7) is 0. The largest absolute Gasteiger partial charge is 0.506 e. The minimum Gasteiger partial charge on any atom is -0.506 e. The van der Waals surface area contributed by atoms with Gasteiger partial charge in [0.2, 0.25) is 0 Å². The highest BCUT2D eigenvalue weighted by atomic mass is 35.5. The molecule has 0 spiro atoms.